The highest BCUT2D eigenvalue weighted by atomic mass is 16.5. The van der Waals surface area contributed by atoms with Gasteiger partial charge in [0, 0.05) is 25.9 Å². The topological polar surface area (TPSA) is 32.7 Å². The fourth-order valence-electron chi connectivity index (χ4n) is 2.72. The van der Waals surface area contributed by atoms with E-state index in [0.717, 1.165) is 31.5 Å². The van der Waals surface area contributed by atoms with Crippen molar-refractivity contribution in [3.05, 3.63) is 29.8 Å². The minimum absolute atomic E-state index is 0.314. The monoisotopic (exact) mass is 263 g/mol. The summed E-state index contributed by atoms with van der Waals surface area (Å²) in [6, 6.07) is 8.28. The van der Waals surface area contributed by atoms with Gasteiger partial charge in [-0.25, -0.2) is 0 Å². The molecule has 0 aromatic heterocycles. The molecule has 2 rings (SSSR count). The normalized spacial score (nSPS) is 25.4. The van der Waals surface area contributed by atoms with Crippen LogP contribution in [-0.2, 0) is 4.74 Å². The van der Waals surface area contributed by atoms with Gasteiger partial charge in [-0.2, -0.15) is 0 Å². The lowest BCUT2D eigenvalue weighted by atomic mass is 9.95. The second-order valence-corrected chi connectivity index (χ2v) is 5.50. The number of aliphatic hydroxyl groups excluding tert-OH is 1. The number of ether oxygens (including phenoxy) is 1. The van der Waals surface area contributed by atoms with Crippen LogP contribution < -0.4 is 4.90 Å². The van der Waals surface area contributed by atoms with Gasteiger partial charge in [-0.15, -0.1) is 0 Å². The number of rotatable bonds is 4. The summed E-state index contributed by atoms with van der Waals surface area (Å²) < 4.78 is 5.55. The van der Waals surface area contributed by atoms with Crippen molar-refractivity contribution in [2.24, 2.45) is 5.92 Å². The first kappa shape index (κ1) is 14.4. The number of piperidine rings is 1. The van der Waals surface area contributed by atoms with Gasteiger partial charge >= 0.3 is 0 Å². The summed E-state index contributed by atoms with van der Waals surface area (Å²) in [4.78, 5) is 2.37. The van der Waals surface area contributed by atoms with Gasteiger partial charge in [0.1, 0.15) is 0 Å². The van der Waals surface area contributed by atoms with Gasteiger partial charge in [0.15, 0.2) is 0 Å². The Morgan fingerprint density at radius 2 is 2.05 bits per heavy atom. The molecule has 3 atom stereocenters. The van der Waals surface area contributed by atoms with E-state index in [-0.39, 0.29) is 6.10 Å². The Kier molecular flexibility index (Phi) is 4.83. The van der Waals surface area contributed by atoms with Gasteiger partial charge < -0.3 is 14.7 Å². The first-order valence-corrected chi connectivity index (χ1v) is 7.21. The molecule has 0 aliphatic carbocycles. The summed E-state index contributed by atoms with van der Waals surface area (Å²) in [5.41, 5.74) is 2.22. The molecule has 106 valence electrons. The fraction of sp³-hybridized carbons (Fsp3) is 0.625. The molecule has 19 heavy (non-hydrogen) atoms. The molecule has 0 radical (unpaired) electrons. The van der Waals surface area contributed by atoms with Gasteiger partial charge in [-0.1, -0.05) is 26.0 Å². The van der Waals surface area contributed by atoms with E-state index in [9.17, 15) is 5.11 Å². The van der Waals surface area contributed by atoms with Crippen LogP contribution in [0, 0.1) is 5.92 Å². The lowest BCUT2D eigenvalue weighted by molar-refractivity contribution is 0.0498. The maximum atomic E-state index is 9.81. The van der Waals surface area contributed by atoms with Crippen LogP contribution >= 0.6 is 0 Å². The molecule has 1 aliphatic heterocycles. The van der Waals surface area contributed by atoms with Crippen LogP contribution in [0.3, 0.4) is 0 Å². The highest BCUT2D eigenvalue weighted by Gasteiger charge is 2.26. The largest absolute Gasteiger partial charge is 0.388 e. The lowest BCUT2D eigenvalue weighted by Crippen LogP contribution is -2.43. The van der Waals surface area contributed by atoms with E-state index < -0.39 is 0 Å². The van der Waals surface area contributed by atoms with E-state index in [0.29, 0.717) is 12.0 Å². The van der Waals surface area contributed by atoms with Crippen molar-refractivity contribution in [2.45, 2.75) is 38.9 Å². The quantitative estimate of drug-likeness (QED) is 0.906. The zero-order chi connectivity index (χ0) is 13.8. The minimum atomic E-state index is -0.345. The van der Waals surface area contributed by atoms with Crippen molar-refractivity contribution in [3.63, 3.8) is 0 Å². The minimum Gasteiger partial charge on any atom is -0.388 e. The Balaban J connectivity index is 2.06. The average molecular weight is 263 g/mol. The summed E-state index contributed by atoms with van der Waals surface area (Å²) in [7, 11) is 1.80. The molecule has 1 saturated heterocycles. The van der Waals surface area contributed by atoms with Crippen LogP contribution in [0.2, 0.25) is 0 Å². The molecule has 2 unspecified atom stereocenters. The van der Waals surface area contributed by atoms with Crippen LogP contribution in [0.4, 0.5) is 5.69 Å². The summed E-state index contributed by atoms with van der Waals surface area (Å²) in [6.07, 6.45) is 1.89. The smallest absolute Gasteiger partial charge is 0.0787 e. The van der Waals surface area contributed by atoms with Crippen molar-refractivity contribution in [1.82, 2.24) is 0 Å². The summed E-state index contributed by atoms with van der Waals surface area (Å²) in [5.74, 6) is 0.627. The molecule has 0 spiro atoms. The van der Waals surface area contributed by atoms with Gasteiger partial charge in [0.2, 0.25) is 0 Å². The molecule has 3 nitrogen and oxygen atoms in total. The molecule has 1 aromatic rings. The predicted octanol–water partition coefficient (Wildman–Crippen LogP) is 2.99. The zero-order valence-electron chi connectivity index (χ0n) is 12.2. The first-order chi connectivity index (χ1) is 9.15. The molecule has 1 heterocycles. The number of methoxy groups -OCH3 is 1. The molecular weight excluding hydrogens is 238 g/mol. The first-order valence-electron chi connectivity index (χ1n) is 7.21. The van der Waals surface area contributed by atoms with Crippen LogP contribution in [0.1, 0.15) is 38.4 Å². The Morgan fingerprint density at radius 1 is 1.37 bits per heavy atom. The van der Waals surface area contributed by atoms with Crippen LogP contribution in [0.5, 0.6) is 0 Å². The van der Waals surface area contributed by atoms with Crippen molar-refractivity contribution in [3.8, 4) is 0 Å². The third-order valence-corrected chi connectivity index (χ3v) is 4.22. The van der Waals surface area contributed by atoms with Crippen molar-refractivity contribution in [2.75, 3.05) is 25.1 Å². The molecule has 1 N–H and O–H groups in total. The van der Waals surface area contributed by atoms with E-state index in [4.69, 9.17) is 4.74 Å². The molecule has 1 fully saturated rings. The third-order valence-electron chi connectivity index (χ3n) is 4.22. The van der Waals surface area contributed by atoms with E-state index in [1.807, 2.05) is 19.1 Å². The van der Waals surface area contributed by atoms with E-state index in [1.165, 1.54) is 5.69 Å². The van der Waals surface area contributed by atoms with Crippen LogP contribution in [-0.4, -0.2) is 31.4 Å². The lowest BCUT2D eigenvalue weighted by Gasteiger charge is -2.37. The van der Waals surface area contributed by atoms with Gasteiger partial charge in [-0.3, -0.25) is 0 Å². The molecule has 3 heteroatoms. The van der Waals surface area contributed by atoms with E-state index >= 15 is 0 Å². The van der Waals surface area contributed by atoms with Crippen molar-refractivity contribution in [1.29, 1.82) is 0 Å². The molecule has 0 saturated carbocycles. The Labute approximate surface area is 116 Å². The van der Waals surface area contributed by atoms with Crippen molar-refractivity contribution < 1.29 is 9.84 Å². The molecule has 0 bridgehead atoms. The number of hydrogen-bond donors (Lipinski definition) is 1. The summed E-state index contributed by atoms with van der Waals surface area (Å²) in [5, 5.41) is 9.81. The number of benzene rings is 1. The van der Waals surface area contributed by atoms with Crippen LogP contribution in [0.25, 0.3) is 0 Å². The average Bonchev–Trinajstić information content (AvgIpc) is 2.47. The van der Waals surface area contributed by atoms with Gasteiger partial charge in [0.25, 0.3) is 0 Å². The Hall–Kier alpha value is -1.06. The number of anilines is 1. The number of nitrogens with zero attached hydrogens (tertiary/aromatic N) is 1. The Morgan fingerprint density at radius 3 is 2.63 bits per heavy atom. The second-order valence-electron chi connectivity index (χ2n) is 5.50. The van der Waals surface area contributed by atoms with Gasteiger partial charge in [0.05, 0.1) is 12.2 Å². The molecular formula is C16H25NO2. The van der Waals surface area contributed by atoms with E-state index in [2.05, 4.69) is 24.0 Å². The molecule has 1 aromatic carbocycles. The third kappa shape index (κ3) is 3.28. The maximum absolute atomic E-state index is 9.81. The summed E-state index contributed by atoms with van der Waals surface area (Å²) >= 11 is 0. The number of aliphatic hydroxyl groups is 1. The van der Waals surface area contributed by atoms with E-state index in [1.54, 1.807) is 7.11 Å². The predicted molar refractivity (Wildman–Crippen MR) is 78.5 cm³/mol. The fourth-order valence-corrected chi connectivity index (χ4v) is 2.72. The Bertz CT molecular complexity index is 390. The standard InChI is InChI=1S/C16H25NO2/c1-4-15(18)13-5-7-14(8-6-13)17-10-9-12(2)16(11-17)19-3/h5-8,12,15-16,18H,4,9-11H2,1-3H3/t12?,15-,16?/m1/s1. The highest BCUT2D eigenvalue weighted by Crippen LogP contribution is 2.26. The second kappa shape index (κ2) is 6.40. The van der Waals surface area contributed by atoms with Crippen LogP contribution in [0.15, 0.2) is 24.3 Å². The molecule has 1 aliphatic rings. The molecule has 0 amide bonds. The highest BCUT2D eigenvalue weighted by molar-refractivity contribution is 5.48. The zero-order valence-corrected chi connectivity index (χ0v) is 12.2. The van der Waals surface area contributed by atoms with Gasteiger partial charge in [-0.05, 0) is 36.5 Å². The maximum Gasteiger partial charge on any atom is 0.0787 e. The SMILES string of the molecule is CC[C@@H](O)c1ccc(N2CCC(C)C(OC)C2)cc1. The van der Waals surface area contributed by atoms with Crippen molar-refractivity contribution >= 4 is 5.69 Å². The summed E-state index contributed by atoms with van der Waals surface area (Å²) in [6.45, 7) is 6.28. The number of hydrogen-bond acceptors (Lipinski definition) is 3.